The van der Waals surface area contributed by atoms with Gasteiger partial charge in [-0.05, 0) is 25.3 Å². The second kappa shape index (κ2) is 8.54. The molecule has 0 radical (unpaired) electrons. The molecule has 0 aromatic carbocycles. The van der Waals surface area contributed by atoms with E-state index in [1.54, 1.807) is 4.52 Å². The molecule has 14 heteroatoms. The first-order valence-electron chi connectivity index (χ1n) is 11.7. The van der Waals surface area contributed by atoms with Crippen molar-refractivity contribution >= 4 is 47.3 Å². The monoisotopic (exact) mass is 516 g/mol. The second-order valence-electron chi connectivity index (χ2n) is 9.18. The molecule has 36 heavy (non-hydrogen) atoms. The van der Waals surface area contributed by atoms with E-state index in [0.29, 0.717) is 34.3 Å². The molecule has 6 rings (SSSR count). The van der Waals surface area contributed by atoms with Gasteiger partial charge in [0.1, 0.15) is 11.5 Å². The van der Waals surface area contributed by atoms with Crippen LogP contribution in [0.3, 0.4) is 0 Å². The molecular formula is C22H22F2N8O3S. The highest BCUT2D eigenvalue weighted by atomic mass is 32.2. The third-order valence-electron chi connectivity index (χ3n) is 6.41. The normalized spacial score (nSPS) is 24.7. The van der Waals surface area contributed by atoms with E-state index in [9.17, 15) is 23.2 Å². The molecule has 2 aromatic rings. The van der Waals surface area contributed by atoms with Gasteiger partial charge < -0.3 is 15.5 Å². The molecule has 4 aliphatic rings. The van der Waals surface area contributed by atoms with Crippen LogP contribution in [0.25, 0.3) is 11.7 Å². The smallest absolute Gasteiger partial charge is 0.326 e. The molecule has 0 bridgehead atoms. The van der Waals surface area contributed by atoms with Gasteiger partial charge in [-0.15, -0.1) is 11.8 Å². The molecule has 11 nitrogen and oxygen atoms in total. The van der Waals surface area contributed by atoms with Crippen molar-refractivity contribution in [3.8, 4) is 0 Å². The number of piperidine rings is 1. The number of anilines is 1. The first kappa shape index (κ1) is 22.9. The molecule has 3 N–H and O–H groups in total. The minimum Gasteiger partial charge on any atom is -0.351 e. The van der Waals surface area contributed by atoms with Crippen molar-refractivity contribution in [3.63, 3.8) is 0 Å². The van der Waals surface area contributed by atoms with Gasteiger partial charge in [-0.3, -0.25) is 14.9 Å². The van der Waals surface area contributed by atoms with Gasteiger partial charge in [-0.25, -0.2) is 18.6 Å². The Labute approximate surface area is 207 Å². The molecule has 1 atom stereocenters. The standard InChI is InChI=1S/C22H22F2N8O3S/c23-22(24)5-7-31(8-6-22)19(34)15-4-3-14(36-15)16-28-17-11(9-13-18(33)30-21(35)27-13)10-25-32(17)20(29-16)26-12-1-2-12/h4,9-10,12,14H,1-3,5-8H2,(H,26,28,29)(H2,27,30,33,35)/b13-9-. The number of carbonyl (C=O) groups is 3. The lowest BCUT2D eigenvalue weighted by Gasteiger charge is -2.32. The molecule has 3 fully saturated rings. The molecule has 2 saturated heterocycles. The molecule has 3 aliphatic heterocycles. The number of likely N-dealkylation sites (tertiary alicyclic amines) is 1. The number of aromatic nitrogens is 4. The molecule has 4 amide bonds. The Balaban J connectivity index is 1.27. The van der Waals surface area contributed by atoms with Gasteiger partial charge in [-0.2, -0.15) is 14.6 Å². The van der Waals surface area contributed by atoms with Gasteiger partial charge in [0.25, 0.3) is 17.7 Å². The van der Waals surface area contributed by atoms with Crippen LogP contribution < -0.4 is 16.0 Å². The maximum absolute atomic E-state index is 13.5. The summed E-state index contributed by atoms with van der Waals surface area (Å²) in [5.41, 5.74) is 1.05. The Morgan fingerprint density at radius 1 is 1.19 bits per heavy atom. The second-order valence-corrected chi connectivity index (χ2v) is 10.4. The highest BCUT2D eigenvalue weighted by molar-refractivity contribution is 8.04. The topological polar surface area (TPSA) is 134 Å². The van der Waals surface area contributed by atoms with Gasteiger partial charge in [0, 0.05) is 37.5 Å². The molecule has 1 aliphatic carbocycles. The van der Waals surface area contributed by atoms with Crippen LogP contribution in [0.15, 0.2) is 22.9 Å². The number of fused-ring (bicyclic) bond motifs is 1. The summed E-state index contributed by atoms with van der Waals surface area (Å²) in [6.07, 6.45) is 6.74. The lowest BCUT2D eigenvalue weighted by Crippen LogP contribution is -2.42. The lowest BCUT2D eigenvalue weighted by atomic mass is 10.1. The predicted octanol–water partition coefficient (Wildman–Crippen LogP) is 2.20. The summed E-state index contributed by atoms with van der Waals surface area (Å²) in [5.74, 6) is -2.52. The first-order valence-corrected chi connectivity index (χ1v) is 12.5. The van der Waals surface area contributed by atoms with E-state index in [1.807, 2.05) is 6.08 Å². The van der Waals surface area contributed by atoms with Crippen molar-refractivity contribution in [1.82, 2.24) is 35.1 Å². The zero-order valence-electron chi connectivity index (χ0n) is 19.0. The maximum Gasteiger partial charge on any atom is 0.326 e. The van der Waals surface area contributed by atoms with Crippen LogP contribution in [0.1, 0.15) is 48.7 Å². The van der Waals surface area contributed by atoms with E-state index in [1.165, 1.54) is 28.9 Å². The van der Waals surface area contributed by atoms with Gasteiger partial charge in [0.15, 0.2) is 5.65 Å². The molecular weight excluding hydrogens is 494 g/mol. The van der Waals surface area contributed by atoms with E-state index in [2.05, 4.69) is 21.0 Å². The van der Waals surface area contributed by atoms with Crippen LogP contribution in [0.4, 0.5) is 19.5 Å². The molecule has 0 spiro atoms. The van der Waals surface area contributed by atoms with Crippen molar-refractivity contribution in [1.29, 1.82) is 0 Å². The predicted molar refractivity (Wildman–Crippen MR) is 126 cm³/mol. The van der Waals surface area contributed by atoms with Crippen LogP contribution >= 0.6 is 11.8 Å². The number of carbonyl (C=O) groups excluding carboxylic acids is 3. The Hall–Kier alpha value is -3.55. The van der Waals surface area contributed by atoms with Crippen molar-refractivity contribution in [2.75, 3.05) is 18.4 Å². The fraction of sp³-hybridized carbons (Fsp3) is 0.455. The van der Waals surface area contributed by atoms with E-state index in [0.717, 1.165) is 12.8 Å². The number of halogens is 2. The average Bonchev–Trinajstić information content (AvgIpc) is 3.22. The number of hydrogen-bond acceptors (Lipinski definition) is 8. The van der Waals surface area contributed by atoms with E-state index in [4.69, 9.17) is 9.97 Å². The van der Waals surface area contributed by atoms with Gasteiger partial charge in [-0.1, -0.05) is 6.08 Å². The third kappa shape index (κ3) is 4.40. The number of amides is 4. The number of hydrogen-bond donors (Lipinski definition) is 3. The quantitative estimate of drug-likeness (QED) is 0.407. The van der Waals surface area contributed by atoms with Crippen molar-refractivity contribution in [2.24, 2.45) is 0 Å². The molecule has 1 unspecified atom stereocenters. The third-order valence-corrected chi connectivity index (χ3v) is 7.69. The number of rotatable bonds is 5. The van der Waals surface area contributed by atoms with Crippen LogP contribution in [-0.2, 0) is 9.59 Å². The Bertz CT molecular complexity index is 1340. The molecule has 188 valence electrons. The van der Waals surface area contributed by atoms with E-state index in [-0.39, 0.29) is 48.8 Å². The summed E-state index contributed by atoms with van der Waals surface area (Å²) in [6, 6.07) is -0.317. The van der Waals surface area contributed by atoms with Crippen molar-refractivity contribution < 1.29 is 23.2 Å². The van der Waals surface area contributed by atoms with Crippen molar-refractivity contribution in [2.45, 2.75) is 49.3 Å². The number of nitrogens with zero attached hydrogens (tertiary/aromatic N) is 5. The van der Waals surface area contributed by atoms with Crippen LogP contribution in [0, 0.1) is 0 Å². The van der Waals surface area contributed by atoms with E-state index >= 15 is 0 Å². The number of nitrogens with one attached hydrogen (secondary N) is 3. The fourth-order valence-corrected chi connectivity index (χ4v) is 5.38. The first-order chi connectivity index (χ1) is 17.3. The number of alkyl halides is 2. The number of allylic oxidation sites excluding steroid dienone is 1. The van der Waals surface area contributed by atoms with Crippen LogP contribution in [-0.4, -0.2) is 67.4 Å². The van der Waals surface area contributed by atoms with Gasteiger partial charge in [0.2, 0.25) is 5.95 Å². The number of thioether (sulfide) groups is 1. The molecule has 2 aromatic heterocycles. The Morgan fingerprint density at radius 2 is 1.97 bits per heavy atom. The summed E-state index contributed by atoms with van der Waals surface area (Å²) in [6.45, 7) is 0.0641. The average molecular weight is 517 g/mol. The zero-order valence-corrected chi connectivity index (χ0v) is 19.8. The summed E-state index contributed by atoms with van der Waals surface area (Å²) < 4.78 is 28.6. The Kier molecular flexibility index (Phi) is 5.43. The number of imide groups is 1. The minimum absolute atomic E-state index is 0.0320. The zero-order chi connectivity index (χ0) is 25.0. The highest BCUT2D eigenvalue weighted by Gasteiger charge is 2.38. The fourth-order valence-electron chi connectivity index (χ4n) is 4.25. The van der Waals surface area contributed by atoms with E-state index < -0.39 is 17.9 Å². The SMILES string of the molecule is O=C1NC(=O)/C(=C/c2cnn3c(NC4CC4)nc(C4CC=C(C(=O)N5CCC(F)(F)CC5)S4)nc23)N1. The molecule has 5 heterocycles. The largest absolute Gasteiger partial charge is 0.351 e. The number of urea groups is 1. The highest BCUT2D eigenvalue weighted by Crippen LogP contribution is 2.44. The summed E-state index contributed by atoms with van der Waals surface area (Å²) in [7, 11) is 0. The molecule has 1 saturated carbocycles. The summed E-state index contributed by atoms with van der Waals surface area (Å²) >= 11 is 1.32. The van der Waals surface area contributed by atoms with Crippen molar-refractivity contribution in [3.05, 3.63) is 34.3 Å². The van der Waals surface area contributed by atoms with Gasteiger partial charge >= 0.3 is 6.03 Å². The van der Waals surface area contributed by atoms with Crippen LogP contribution in [0.2, 0.25) is 0 Å². The maximum atomic E-state index is 13.5. The van der Waals surface area contributed by atoms with Gasteiger partial charge in [0.05, 0.1) is 16.4 Å². The summed E-state index contributed by atoms with van der Waals surface area (Å²) in [4.78, 5) is 47.8. The minimum atomic E-state index is -2.72. The lowest BCUT2D eigenvalue weighted by molar-refractivity contribution is -0.132. The summed E-state index contributed by atoms with van der Waals surface area (Å²) in [5, 5.41) is 12.1. The Morgan fingerprint density at radius 3 is 2.67 bits per heavy atom. The van der Waals surface area contributed by atoms with Crippen LogP contribution in [0.5, 0.6) is 0 Å².